The minimum absolute atomic E-state index is 0.0391. The van der Waals surface area contributed by atoms with E-state index in [1.165, 1.54) is 11.8 Å². The second kappa shape index (κ2) is 5.69. The van der Waals surface area contributed by atoms with E-state index in [0.717, 1.165) is 16.9 Å². The second-order valence-corrected chi connectivity index (χ2v) is 6.51. The Hall–Kier alpha value is -0.780. The second-order valence-electron chi connectivity index (χ2n) is 4.49. The Morgan fingerprint density at radius 1 is 1.47 bits per heavy atom. The molecule has 0 saturated carbocycles. The van der Waals surface area contributed by atoms with Crippen molar-refractivity contribution in [3.63, 3.8) is 0 Å². The predicted octanol–water partition coefficient (Wildman–Crippen LogP) is 4.00. The molecule has 19 heavy (non-hydrogen) atoms. The standard InChI is InChI=1S/C14H16BrNO2S/c1-4-19-14-11(15)12(17)10-6-7(2)5-9(8(3)16)13(10)18-14/h5-6,8H,4,16H2,1-3H3/t8-/m1/s1. The number of hydrogen-bond donors (Lipinski definition) is 1. The van der Waals surface area contributed by atoms with E-state index in [0.29, 0.717) is 20.5 Å². The SMILES string of the molecule is CCSc1oc2c([C@@H](C)N)cc(C)cc2c(=O)c1Br. The monoisotopic (exact) mass is 341 g/mol. The minimum Gasteiger partial charge on any atom is -0.448 e. The molecule has 0 aliphatic rings. The van der Waals surface area contributed by atoms with E-state index in [9.17, 15) is 4.79 Å². The summed E-state index contributed by atoms with van der Waals surface area (Å²) >= 11 is 4.83. The van der Waals surface area contributed by atoms with Crippen molar-refractivity contribution in [2.24, 2.45) is 5.73 Å². The van der Waals surface area contributed by atoms with Crippen molar-refractivity contribution in [3.8, 4) is 0 Å². The molecule has 0 aliphatic carbocycles. The van der Waals surface area contributed by atoms with E-state index < -0.39 is 0 Å². The molecular weight excluding hydrogens is 326 g/mol. The van der Waals surface area contributed by atoms with Gasteiger partial charge < -0.3 is 10.2 Å². The summed E-state index contributed by atoms with van der Waals surface area (Å²) in [5.74, 6) is 0.840. The van der Waals surface area contributed by atoms with Gasteiger partial charge in [0.05, 0.1) is 5.39 Å². The maximum absolute atomic E-state index is 12.4. The van der Waals surface area contributed by atoms with Crippen molar-refractivity contribution in [3.05, 3.63) is 38.0 Å². The summed E-state index contributed by atoms with van der Waals surface area (Å²) < 4.78 is 6.39. The molecule has 102 valence electrons. The molecule has 0 spiro atoms. The first-order valence-corrected chi connectivity index (χ1v) is 7.88. The number of nitrogens with two attached hydrogens (primary N) is 1. The number of rotatable bonds is 3. The first-order chi connectivity index (χ1) is 8.95. The quantitative estimate of drug-likeness (QED) is 0.857. The smallest absolute Gasteiger partial charge is 0.208 e. The average Bonchev–Trinajstić information content (AvgIpc) is 2.36. The van der Waals surface area contributed by atoms with Crippen molar-refractivity contribution >= 4 is 38.7 Å². The van der Waals surface area contributed by atoms with E-state index in [-0.39, 0.29) is 11.5 Å². The van der Waals surface area contributed by atoms with Crippen molar-refractivity contribution in [1.82, 2.24) is 0 Å². The molecule has 0 radical (unpaired) electrons. The zero-order valence-electron chi connectivity index (χ0n) is 11.1. The molecule has 0 aliphatic heterocycles. The average molecular weight is 342 g/mol. The number of benzene rings is 1. The normalized spacial score (nSPS) is 12.9. The van der Waals surface area contributed by atoms with Crippen LogP contribution in [0.3, 0.4) is 0 Å². The fourth-order valence-corrected chi connectivity index (χ4v) is 3.26. The lowest BCUT2D eigenvalue weighted by molar-refractivity contribution is 0.488. The molecule has 0 unspecified atom stereocenters. The van der Waals surface area contributed by atoms with Gasteiger partial charge >= 0.3 is 0 Å². The van der Waals surface area contributed by atoms with Gasteiger partial charge in [-0.25, -0.2) is 0 Å². The van der Waals surface area contributed by atoms with Gasteiger partial charge in [-0.15, -0.1) is 0 Å². The molecule has 2 aromatic rings. The first-order valence-electron chi connectivity index (χ1n) is 6.11. The molecule has 3 nitrogen and oxygen atoms in total. The lowest BCUT2D eigenvalue weighted by Gasteiger charge is -2.12. The highest BCUT2D eigenvalue weighted by atomic mass is 79.9. The van der Waals surface area contributed by atoms with E-state index in [1.807, 2.05) is 32.9 Å². The van der Waals surface area contributed by atoms with Crippen molar-refractivity contribution in [2.75, 3.05) is 5.75 Å². The fraction of sp³-hybridized carbons (Fsp3) is 0.357. The molecule has 5 heteroatoms. The highest BCUT2D eigenvalue weighted by Crippen LogP contribution is 2.31. The van der Waals surface area contributed by atoms with Crippen LogP contribution in [0, 0.1) is 6.92 Å². The topological polar surface area (TPSA) is 56.2 Å². The van der Waals surface area contributed by atoms with Gasteiger partial charge in [0.25, 0.3) is 0 Å². The number of hydrogen-bond acceptors (Lipinski definition) is 4. The van der Waals surface area contributed by atoms with E-state index in [2.05, 4.69) is 15.9 Å². The number of fused-ring (bicyclic) bond motifs is 1. The molecule has 0 fully saturated rings. The van der Waals surface area contributed by atoms with Crippen LogP contribution < -0.4 is 11.2 Å². The summed E-state index contributed by atoms with van der Waals surface area (Å²) in [6.07, 6.45) is 0. The summed E-state index contributed by atoms with van der Waals surface area (Å²) in [6, 6.07) is 3.65. The zero-order chi connectivity index (χ0) is 14.2. The van der Waals surface area contributed by atoms with E-state index in [1.54, 1.807) is 0 Å². The number of halogens is 1. The van der Waals surface area contributed by atoms with Gasteiger partial charge in [0, 0.05) is 11.6 Å². The van der Waals surface area contributed by atoms with Crippen LogP contribution in [0.25, 0.3) is 11.0 Å². The van der Waals surface area contributed by atoms with Crippen LogP contribution in [-0.2, 0) is 0 Å². The maximum atomic E-state index is 12.4. The molecule has 1 atom stereocenters. The van der Waals surface area contributed by atoms with E-state index in [4.69, 9.17) is 10.2 Å². The van der Waals surface area contributed by atoms with Crippen molar-refractivity contribution in [2.45, 2.75) is 31.9 Å². The summed E-state index contributed by atoms with van der Waals surface area (Å²) in [7, 11) is 0. The highest BCUT2D eigenvalue weighted by molar-refractivity contribution is 9.10. The minimum atomic E-state index is -0.175. The lowest BCUT2D eigenvalue weighted by atomic mass is 10.0. The van der Waals surface area contributed by atoms with Crippen LogP contribution in [0.5, 0.6) is 0 Å². The van der Waals surface area contributed by atoms with Crippen LogP contribution in [0.15, 0.2) is 30.9 Å². The third-order valence-corrected chi connectivity index (χ3v) is 4.67. The first kappa shape index (κ1) is 14.6. The highest BCUT2D eigenvalue weighted by Gasteiger charge is 2.16. The van der Waals surface area contributed by atoms with Crippen LogP contribution in [0.2, 0.25) is 0 Å². The van der Waals surface area contributed by atoms with Gasteiger partial charge in [0.1, 0.15) is 10.1 Å². The third kappa shape index (κ3) is 2.73. The van der Waals surface area contributed by atoms with Crippen LogP contribution in [-0.4, -0.2) is 5.75 Å². The molecule has 1 aromatic carbocycles. The van der Waals surface area contributed by atoms with Crippen LogP contribution >= 0.6 is 27.7 Å². The van der Waals surface area contributed by atoms with Gasteiger partial charge in [-0.05, 0) is 47.2 Å². The maximum Gasteiger partial charge on any atom is 0.208 e. The van der Waals surface area contributed by atoms with Crippen molar-refractivity contribution < 1.29 is 4.42 Å². The summed E-state index contributed by atoms with van der Waals surface area (Å²) in [5, 5.41) is 1.20. The van der Waals surface area contributed by atoms with Gasteiger partial charge in [0.15, 0.2) is 5.09 Å². The van der Waals surface area contributed by atoms with Gasteiger partial charge in [0.2, 0.25) is 5.43 Å². The van der Waals surface area contributed by atoms with Crippen LogP contribution in [0.4, 0.5) is 0 Å². The molecule has 0 bridgehead atoms. The molecular formula is C14H16BrNO2S. The van der Waals surface area contributed by atoms with Crippen molar-refractivity contribution in [1.29, 1.82) is 0 Å². The molecule has 2 rings (SSSR count). The Balaban J connectivity index is 2.88. The largest absolute Gasteiger partial charge is 0.448 e. The summed E-state index contributed by atoms with van der Waals surface area (Å²) in [5.41, 5.74) is 8.42. The molecule has 2 N–H and O–H groups in total. The molecule has 0 amide bonds. The van der Waals surface area contributed by atoms with Gasteiger partial charge in [-0.3, -0.25) is 4.79 Å². The molecule has 1 heterocycles. The lowest BCUT2D eigenvalue weighted by Crippen LogP contribution is -2.10. The predicted molar refractivity (Wildman–Crippen MR) is 83.9 cm³/mol. The Labute approximate surface area is 124 Å². The van der Waals surface area contributed by atoms with Gasteiger partial charge in [-0.1, -0.05) is 24.8 Å². The third-order valence-electron chi connectivity index (χ3n) is 2.85. The number of aryl methyl sites for hydroxylation is 1. The Bertz CT molecular complexity index is 679. The number of thioether (sulfide) groups is 1. The van der Waals surface area contributed by atoms with Crippen LogP contribution in [0.1, 0.15) is 31.0 Å². The molecule has 1 aromatic heterocycles. The van der Waals surface area contributed by atoms with Gasteiger partial charge in [-0.2, -0.15) is 0 Å². The Morgan fingerprint density at radius 2 is 2.16 bits per heavy atom. The summed E-state index contributed by atoms with van der Waals surface area (Å²) in [4.78, 5) is 12.4. The Morgan fingerprint density at radius 3 is 2.74 bits per heavy atom. The van der Waals surface area contributed by atoms with E-state index >= 15 is 0 Å². The fourth-order valence-electron chi connectivity index (χ4n) is 1.99. The molecule has 0 saturated heterocycles. The zero-order valence-corrected chi connectivity index (χ0v) is 13.5. The Kier molecular flexibility index (Phi) is 4.38. The summed E-state index contributed by atoms with van der Waals surface area (Å²) in [6.45, 7) is 5.86.